The third-order valence-corrected chi connectivity index (χ3v) is 3.97. The number of amides is 1. The molecule has 0 radical (unpaired) electrons. The van der Waals surface area contributed by atoms with E-state index in [0.717, 1.165) is 11.8 Å². The minimum atomic E-state index is -0.715. The lowest BCUT2D eigenvalue weighted by Crippen LogP contribution is -2.47. The summed E-state index contributed by atoms with van der Waals surface area (Å²) in [6, 6.07) is 8.25. The molecule has 1 aromatic rings. The van der Waals surface area contributed by atoms with E-state index < -0.39 is 23.7 Å². The Balaban J connectivity index is 2.08. The molecule has 0 N–H and O–H groups in total. The molecule has 1 aliphatic rings. The number of carbonyl (C=O) groups excluding carboxylic acids is 3. The van der Waals surface area contributed by atoms with E-state index in [1.807, 2.05) is 30.3 Å². The van der Waals surface area contributed by atoms with Gasteiger partial charge in [-0.2, -0.15) is 0 Å². The van der Waals surface area contributed by atoms with Crippen LogP contribution in [-0.2, 0) is 25.7 Å². The minimum Gasteiger partial charge on any atom is -0.458 e. The van der Waals surface area contributed by atoms with E-state index in [0.29, 0.717) is 12.8 Å². The van der Waals surface area contributed by atoms with Gasteiger partial charge in [0.15, 0.2) is 0 Å². The summed E-state index contributed by atoms with van der Waals surface area (Å²) < 4.78 is 10.8. The van der Waals surface area contributed by atoms with Crippen molar-refractivity contribution in [3.05, 3.63) is 35.9 Å². The zero-order valence-corrected chi connectivity index (χ0v) is 14.9. The third kappa shape index (κ3) is 5.31. The zero-order valence-electron chi connectivity index (χ0n) is 14.9. The largest absolute Gasteiger partial charge is 0.458 e. The fraction of sp³-hybridized carbons (Fsp3) is 0.526. The second-order valence-electron chi connectivity index (χ2n) is 7.13. The molecule has 6 heteroatoms. The van der Waals surface area contributed by atoms with Crippen LogP contribution in [0.4, 0.5) is 4.79 Å². The molecule has 0 bridgehead atoms. The number of nitrogens with zero attached hydrogens (tertiary/aromatic N) is 1. The van der Waals surface area contributed by atoms with Crippen molar-refractivity contribution in [1.82, 2.24) is 4.90 Å². The highest BCUT2D eigenvalue weighted by Crippen LogP contribution is 2.29. The van der Waals surface area contributed by atoms with Crippen molar-refractivity contribution >= 4 is 18.3 Å². The molecule has 25 heavy (non-hydrogen) atoms. The molecule has 0 aliphatic carbocycles. The van der Waals surface area contributed by atoms with Crippen LogP contribution < -0.4 is 0 Å². The summed E-state index contributed by atoms with van der Waals surface area (Å²) in [5, 5.41) is 0. The number of carbonyl (C=O) groups is 3. The van der Waals surface area contributed by atoms with Gasteiger partial charge >= 0.3 is 12.1 Å². The Morgan fingerprint density at radius 2 is 1.88 bits per heavy atom. The maximum absolute atomic E-state index is 12.6. The van der Waals surface area contributed by atoms with E-state index in [4.69, 9.17) is 9.47 Å². The van der Waals surface area contributed by atoms with E-state index in [2.05, 4.69) is 0 Å². The maximum atomic E-state index is 12.6. The Hall–Kier alpha value is -2.37. The fourth-order valence-electron chi connectivity index (χ4n) is 2.90. The molecule has 1 fully saturated rings. The van der Waals surface area contributed by atoms with Crippen LogP contribution in [0, 0.1) is 0 Å². The van der Waals surface area contributed by atoms with Crippen molar-refractivity contribution in [2.24, 2.45) is 0 Å². The van der Waals surface area contributed by atoms with Gasteiger partial charge in [-0.1, -0.05) is 30.3 Å². The van der Waals surface area contributed by atoms with Crippen LogP contribution in [0.5, 0.6) is 0 Å². The first-order valence-electron chi connectivity index (χ1n) is 8.47. The van der Waals surface area contributed by atoms with Gasteiger partial charge in [-0.15, -0.1) is 0 Å². The molecule has 0 spiro atoms. The SMILES string of the molecule is CC(C)(C)OC(=O)[C@@H]1CC[C@@H](CC=O)N1C(=O)OCc1ccccc1. The molecule has 2 rings (SSSR count). The average Bonchev–Trinajstić information content (AvgIpc) is 2.96. The van der Waals surface area contributed by atoms with Gasteiger partial charge in [0.05, 0.1) is 0 Å². The molecule has 0 saturated carbocycles. The van der Waals surface area contributed by atoms with Crippen molar-refractivity contribution < 1.29 is 23.9 Å². The van der Waals surface area contributed by atoms with Crippen molar-refractivity contribution in [2.45, 2.75) is 64.3 Å². The molecule has 136 valence electrons. The summed E-state index contributed by atoms with van der Waals surface area (Å²) >= 11 is 0. The van der Waals surface area contributed by atoms with Crippen LogP contribution in [0.3, 0.4) is 0 Å². The molecule has 6 nitrogen and oxygen atoms in total. The Kier molecular flexibility index (Phi) is 6.17. The lowest BCUT2D eigenvalue weighted by molar-refractivity contribution is -0.160. The Bertz CT molecular complexity index is 608. The first-order chi connectivity index (χ1) is 11.8. The summed E-state index contributed by atoms with van der Waals surface area (Å²) in [4.78, 5) is 37.3. The smallest absolute Gasteiger partial charge is 0.411 e. The molecule has 1 aromatic carbocycles. The van der Waals surface area contributed by atoms with Gasteiger partial charge in [0, 0.05) is 12.5 Å². The molecule has 2 atom stereocenters. The van der Waals surface area contributed by atoms with E-state index in [1.165, 1.54) is 4.90 Å². The zero-order chi connectivity index (χ0) is 18.4. The second-order valence-corrected chi connectivity index (χ2v) is 7.13. The van der Waals surface area contributed by atoms with Gasteiger partial charge < -0.3 is 14.3 Å². The topological polar surface area (TPSA) is 72.9 Å². The van der Waals surface area contributed by atoms with Crippen molar-refractivity contribution in [3.63, 3.8) is 0 Å². The molecule has 1 heterocycles. The highest BCUT2D eigenvalue weighted by atomic mass is 16.6. The van der Waals surface area contributed by atoms with Gasteiger partial charge in [0.2, 0.25) is 0 Å². The summed E-state index contributed by atoms with van der Waals surface area (Å²) in [6.45, 7) is 5.45. The Morgan fingerprint density at radius 3 is 2.48 bits per heavy atom. The van der Waals surface area contributed by atoms with Crippen LogP contribution in [-0.4, -0.2) is 40.9 Å². The van der Waals surface area contributed by atoms with Crippen molar-refractivity contribution in [1.29, 1.82) is 0 Å². The van der Waals surface area contributed by atoms with Crippen molar-refractivity contribution in [2.75, 3.05) is 0 Å². The van der Waals surface area contributed by atoms with E-state index >= 15 is 0 Å². The van der Waals surface area contributed by atoms with Crippen LogP contribution in [0.25, 0.3) is 0 Å². The number of likely N-dealkylation sites (tertiary alicyclic amines) is 1. The first-order valence-corrected chi connectivity index (χ1v) is 8.47. The second kappa shape index (κ2) is 8.14. The highest BCUT2D eigenvalue weighted by Gasteiger charge is 2.43. The average molecular weight is 347 g/mol. The quantitative estimate of drug-likeness (QED) is 0.604. The lowest BCUT2D eigenvalue weighted by Gasteiger charge is -2.30. The van der Waals surface area contributed by atoms with E-state index in [1.54, 1.807) is 20.8 Å². The summed E-state index contributed by atoms with van der Waals surface area (Å²) in [6.07, 6.45) is 1.39. The molecular weight excluding hydrogens is 322 g/mol. The minimum absolute atomic E-state index is 0.116. The van der Waals surface area contributed by atoms with Crippen LogP contribution in [0.2, 0.25) is 0 Å². The predicted octanol–water partition coefficient (Wildman–Crippen LogP) is 3.09. The summed E-state index contributed by atoms with van der Waals surface area (Å²) in [7, 11) is 0. The Morgan fingerprint density at radius 1 is 1.20 bits per heavy atom. The monoisotopic (exact) mass is 347 g/mol. The lowest BCUT2D eigenvalue weighted by atomic mass is 10.1. The maximum Gasteiger partial charge on any atom is 0.411 e. The predicted molar refractivity (Wildman–Crippen MR) is 91.8 cm³/mol. The molecule has 0 unspecified atom stereocenters. The first kappa shape index (κ1) is 19.0. The highest BCUT2D eigenvalue weighted by molar-refractivity contribution is 5.83. The van der Waals surface area contributed by atoms with Crippen LogP contribution in [0.15, 0.2) is 30.3 Å². The number of rotatable bonds is 5. The Labute approximate surface area is 148 Å². The van der Waals surface area contributed by atoms with Gasteiger partial charge in [0.25, 0.3) is 0 Å². The van der Waals surface area contributed by atoms with Crippen molar-refractivity contribution in [3.8, 4) is 0 Å². The number of aldehydes is 1. The number of benzene rings is 1. The molecule has 1 amide bonds. The number of esters is 1. The van der Waals surface area contributed by atoms with Gasteiger partial charge in [-0.3, -0.25) is 4.90 Å². The van der Waals surface area contributed by atoms with Crippen LogP contribution >= 0.6 is 0 Å². The molecule has 1 saturated heterocycles. The molecule has 0 aromatic heterocycles. The summed E-state index contributed by atoms with van der Waals surface area (Å²) in [5.41, 5.74) is 0.218. The van der Waals surface area contributed by atoms with Gasteiger partial charge in [-0.25, -0.2) is 9.59 Å². The summed E-state index contributed by atoms with van der Waals surface area (Å²) in [5.74, 6) is -0.461. The normalized spacial score (nSPS) is 20.2. The van der Waals surface area contributed by atoms with Gasteiger partial charge in [-0.05, 0) is 39.2 Å². The number of hydrogen-bond donors (Lipinski definition) is 0. The van der Waals surface area contributed by atoms with Gasteiger partial charge in [0.1, 0.15) is 24.5 Å². The molecular formula is C19H25NO5. The third-order valence-electron chi connectivity index (χ3n) is 3.97. The number of ether oxygens (including phenoxy) is 2. The van der Waals surface area contributed by atoms with Crippen LogP contribution in [0.1, 0.15) is 45.6 Å². The number of hydrogen-bond acceptors (Lipinski definition) is 5. The molecule has 1 aliphatic heterocycles. The fourth-order valence-corrected chi connectivity index (χ4v) is 2.90. The standard InChI is InChI=1S/C19H25NO5/c1-19(2,3)25-17(22)16-10-9-15(11-12-21)20(16)18(23)24-13-14-7-5-4-6-8-14/h4-8,12,15-16H,9-11,13H2,1-3H3/t15-,16-/m0/s1. The van der Waals surface area contributed by atoms with E-state index in [9.17, 15) is 14.4 Å². The van der Waals surface area contributed by atoms with E-state index in [-0.39, 0.29) is 19.1 Å².